The summed E-state index contributed by atoms with van der Waals surface area (Å²) in [5, 5.41) is 3.94. The maximum atomic E-state index is 12.4. The third-order valence-corrected chi connectivity index (χ3v) is 4.49. The maximum Gasteiger partial charge on any atom is 0.222 e. The monoisotopic (exact) mass is 314 g/mol. The Morgan fingerprint density at radius 1 is 1.39 bits per heavy atom. The van der Waals surface area contributed by atoms with Crippen LogP contribution in [0.15, 0.2) is 16.8 Å². The van der Waals surface area contributed by atoms with Gasteiger partial charge in [-0.25, -0.2) is 9.97 Å². The number of carbonyl (C=O) groups excluding carboxylic acids is 1. The molecule has 6 heteroatoms. The number of hydrogen-bond donors (Lipinski definition) is 0. The third-order valence-electron chi connectivity index (χ3n) is 4.49. The Labute approximate surface area is 135 Å². The zero-order valence-electron chi connectivity index (χ0n) is 13.9. The van der Waals surface area contributed by atoms with Gasteiger partial charge in [0.1, 0.15) is 11.6 Å². The minimum absolute atomic E-state index is 0.181. The molecule has 122 valence electrons. The normalized spacial score (nSPS) is 17.7. The summed E-state index contributed by atoms with van der Waals surface area (Å²) in [6.07, 6.45) is 3.90. The molecule has 1 aliphatic rings. The number of hydrogen-bond acceptors (Lipinski definition) is 5. The molecule has 3 heterocycles. The first-order valence-electron chi connectivity index (χ1n) is 8.03. The van der Waals surface area contributed by atoms with Gasteiger partial charge in [-0.2, -0.15) is 0 Å². The molecule has 1 amide bonds. The summed E-state index contributed by atoms with van der Waals surface area (Å²) in [4.78, 5) is 23.2. The van der Waals surface area contributed by atoms with E-state index in [0.29, 0.717) is 19.4 Å². The van der Waals surface area contributed by atoms with Crippen molar-refractivity contribution in [3.63, 3.8) is 0 Å². The van der Waals surface area contributed by atoms with Crippen molar-refractivity contribution in [1.82, 2.24) is 20.0 Å². The molecule has 0 aliphatic carbocycles. The smallest absolute Gasteiger partial charge is 0.222 e. The van der Waals surface area contributed by atoms with Crippen molar-refractivity contribution in [2.24, 2.45) is 0 Å². The summed E-state index contributed by atoms with van der Waals surface area (Å²) < 4.78 is 5.15. The fourth-order valence-electron chi connectivity index (χ4n) is 3.11. The molecular formula is C17H22N4O2. The maximum absolute atomic E-state index is 12.4. The van der Waals surface area contributed by atoms with Crippen molar-refractivity contribution in [3.05, 3.63) is 40.8 Å². The Balaban J connectivity index is 1.57. The summed E-state index contributed by atoms with van der Waals surface area (Å²) in [5.74, 6) is 2.09. The first-order valence-corrected chi connectivity index (χ1v) is 8.03. The second kappa shape index (κ2) is 6.48. The molecule has 1 atom stereocenters. The molecule has 0 spiro atoms. The Morgan fingerprint density at radius 2 is 2.22 bits per heavy atom. The van der Waals surface area contributed by atoms with E-state index in [-0.39, 0.29) is 11.8 Å². The first-order chi connectivity index (χ1) is 11.0. The number of aromatic nitrogens is 3. The van der Waals surface area contributed by atoms with Crippen LogP contribution >= 0.6 is 0 Å². The highest BCUT2D eigenvalue weighted by molar-refractivity contribution is 5.77. The highest BCUT2D eigenvalue weighted by Crippen LogP contribution is 2.25. The van der Waals surface area contributed by atoms with E-state index in [4.69, 9.17) is 4.52 Å². The molecule has 2 aromatic heterocycles. The Bertz CT molecular complexity index is 691. The van der Waals surface area contributed by atoms with Gasteiger partial charge in [0.2, 0.25) is 5.91 Å². The molecule has 0 aromatic carbocycles. The largest absolute Gasteiger partial charge is 0.361 e. The number of carbonyl (C=O) groups is 1. The van der Waals surface area contributed by atoms with Crippen LogP contribution in [0, 0.1) is 20.8 Å². The Morgan fingerprint density at radius 3 is 2.91 bits per heavy atom. The summed E-state index contributed by atoms with van der Waals surface area (Å²) >= 11 is 0. The fraction of sp³-hybridized carbons (Fsp3) is 0.529. The molecule has 1 aliphatic heterocycles. The van der Waals surface area contributed by atoms with Gasteiger partial charge in [0.05, 0.1) is 5.69 Å². The lowest BCUT2D eigenvalue weighted by atomic mass is 10.1. The lowest BCUT2D eigenvalue weighted by molar-refractivity contribution is -0.130. The van der Waals surface area contributed by atoms with Crippen molar-refractivity contribution in [2.75, 3.05) is 13.1 Å². The Hall–Kier alpha value is -2.24. The SMILES string of the molecule is Cc1ccnc([C@H]2CCN(C(=O)CCc3c(C)noc3C)C2)n1. The zero-order chi connectivity index (χ0) is 16.4. The minimum Gasteiger partial charge on any atom is -0.361 e. The van der Waals surface area contributed by atoms with Gasteiger partial charge in [0.15, 0.2) is 0 Å². The predicted molar refractivity (Wildman–Crippen MR) is 85.0 cm³/mol. The average Bonchev–Trinajstić information content (AvgIpc) is 3.13. The van der Waals surface area contributed by atoms with E-state index in [0.717, 1.165) is 41.5 Å². The van der Waals surface area contributed by atoms with E-state index in [1.807, 2.05) is 31.7 Å². The van der Waals surface area contributed by atoms with E-state index >= 15 is 0 Å². The molecule has 0 radical (unpaired) electrons. The Kier molecular flexibility index (Phi) is 4.41. The molecule has 6 nitrogen and oxygen atoms in total. The molecule has 0 bridgehead atoms. The number of aryl methyl sites for hydroxylation is 3. The van der Waals surface area contributed by atoms with Crippen LogP contribution in [0.3, 0.4) is 0 Å². The second-order valence-corrected chi connectivity index (χ2v) is 6.18. The van der Waals surface area contributed by atoms with Gasteiger partial charge in [-0.05, 0) is 39.7 Å². The lowest BCUT2D eigenvalue weighted by Crippen LogP contribution is -2.28. The molecule has 23 heavy (non-hydrogen) atoms. The second-order valence-electron chi connectivity index (χ2n) is 6.18. The van der Waals surface area contributed by atoms with Crippen LogP contribution in [0.5, 0.6) is 0 Å². The van der Waals surface area contributed by atoms with Gasteiger partial charge in [-0.15, -0.1) is 0 Å². The van der Waals surface area contributed by atoms with Gasteiger partial charge < -0.3 is 9.42 Å². The standard InChI is InChI=1S/C17H22N4O2/c1-11-6-8-18-17(19-11)14-7-9-21(10-14)16(22)5-4-15-12(2)20-23-13(15)3/h6,8,14H,4-5,7,9-10H2,1-3H3/t14-/m0/s1. The number of amides is 1. The van der Waals surface area contributed by atoms with Crippen LogP contribution in [0.25, 0.3) is 0 Å². The summed E-state index contributed by atoms with van der Waals surface area (Å²) in [6.45, 7) is 7.26. The van der Waals surface area contributed by atoms with Crippen molar-refractivity contribution >= 4 is 5.91 Å². The van der Waals surface area contributed by atoms with E-state index in [2.05, 4.69) is 15.1 Å². The van der Waals surface area contributed by atoms with Crippen LogP contribution in [0.1, 0.15) is 47.3 Å². The number of likely N-dealkylation sites (tertiary alicyclic amines) is 1. The van der Waals surface area contributed by atoms with Crippen LogP contribution < -0.4 is 0 Å². The van der Waals surface area contributed by atoms with Crippen molar-refractivity contribution in [1.29, 1.82) is 0 Å². The van der Waals surface area contributed by atoms with Gasteiger partial charge in [-0.1, -0.05) is 5.16 Å². The van der Waals surface area contributed by atoms with Gasteiger partial charge in [0.25, 0.3) is 0 Å². The van der Waals surface area contributed by atoms with E-state index in [9.17, 15) is 4.79 Å². The van der Waals surface area contributed by atoms with Crippen molar-refractivity contribution in [2.45, 2.75) is 46.0 Å². The molecule has 0 saturated carbocycles. The first kappa shape index (κ1) is 15.6. The fourth-order valence-corrected chi connectivity index (χ4v) is 3.11. The molecule has 1 fully saturated rings. The van der Waals surface area contributed by atoms with E-state index in [1.165, 1.54) is 0 Å². The summed E-state index contributed by atoms with van der Waals surface area (Å²) in [5.41, 5.74) is 2.90. The molecule has 0 unspecified atom stereocenters. The zero-order valence-corrected chi connectivity index (χ0v) is 13.9. The van der Waals surface area contributed by atoms with E-state index < -0.39 is 0 Å². The highest BCUT2D eigenvalue weighted by Gasteiger charge is 2.29. The molecule has 1 saturated heterocycles. The third kappa shape index (κ3) is 3.41. The summed E-state index contributed by atoms with van der Waals surface area (Å²) in [6, 6.07) is 1.89. The minimum atomic E-state index is 0.181. The predicted octanol–water partition coefficient (Wildman–Crippen LogP) is 2.34. The quantitative estimate of drug-likeness (QED) is 0.866. The van der Waals surface area contributed by atoms with Crippen LogP contribution in [0.4, 0.5) is 0 Å². The summed E-state index contributed by atoms with van der Waals surface area (Å²) in [7, 11) is 0. The average molecular weight is 314 g/mol. The molecular weight excluding hydrogens is 292 g/mol. The van der Waals surface area contributed by atoms with Gasteiger partial charge in [0, 0.05) is 42.9 Å². The molecule has 2 aromatic rings. The van der Waals surface area contributed by atoms with E-state index in [1.54, 1.807) is 6.20 Å². The van der Waals surface area contributed by atoms with Gasteiger partial charge >= 0.3 is 0 Å². The molecule has 3 rings (SSSR count). The lowest BCUT2D eigenvalue weighted by Gasteiger charge is -2.16. The topological polar surface area (TPSA) is 72.1 Å². The van der Waals surface area contributed by atoms with Crippen LogP contribution in [-0.4, -0.2) is 39.0 Å². The number of nitrogens with zero attached hydrogens (tertiary/aromatic N) is 4. The van der Waals surface area contributed by atoms with Crippen LogP contribution in [0.2, 0.25) is 0 Å². The number of rotatable bonds is 4. The molecule has 0 N–H and O–H groups in total. The van der Waals surface area contributed by atoms with Crippen LogP contribution in [-0.2, 0) is 11.2 Å². The van der Waals surface area contributed by atoms with Gasteiger partial charge in [-0.3, -0.25) is 4.79 Å². The van der Waals surface area contributed by atoms with Crippen molar-refractivity contribution < 1.29 is 9.32 Å². The highest BCUT2D eigenvalue weighted by atomic mass is 16.5. The van der Waals surface area contributed by atoms with Crippen molar-refractivity contribution in [3.8, 4) is 0 Å².